The quantitative estimate of drug-likeness (QED) is 0.858. The summed E-state index contributed by atoms with van der Waals surface area (Å²) in [6.45, 7) is 9.48. The first-order chi connectivity index (χ1) is 9.60. The second-order valence-corrected chi connectivity index (χ2v) is 7.29. The fourth-order valence-corrected chi connectivity index (χ4v) is 4.03. The van der Waals surface area contributed by atoms with Gasteiger partial charge in [-0.1, -0.05) is 13.8 Å². The summed E-state index contributed by atoms with van der Waals surface area (Å²) >= 11 is 0. The van der Waals surface area contributed by atoms with Crippen LogP contribution in [0.4, 0.5) is 0 Å². The molecule has 20 heavy (non-hydrogen) atoms. The predicted octanol–water partition coefficient (Wildman–Crippen LogP) is 3.04. The van der Waals surface area contributed by atoms with Crippen molar-refractivity contribution in [3.8, 4) is 0 Å². The highest BCUT2D eigenvalue weighted by atomic mass is 16.5. The molecule has 4 unspecified atom stereocenters. The first-order valence-corrected chi connectivity index (χ1v) is 8.62. The summed E-state index contributed by atoms with van der Waals surface area (Å²) in [6.07, 6.45) is 8.23. The first-order valence-electron chi connectivity index (χ1n) is 8.62. The Labute approximate surface area is 125 Å². The van der Waals surface area contributed by atoms with E-state index in [-0.39, 0.29) is 0 Å². The Bertz CT molecular complexity index is 282. The Morgan fingerprint density at radius 2 is 2.05 bits per heavy atom. The van der Waals surface area contributed by atoms with Crippen LogP contribution in [0.15, 0.2) is 0 Å². The van der Waals surface area contributed by atoms with Gasteiger partial charge in [0.25, 0.3) is 0 Å². The van der Waals surface area contributed by atoms with Gasteiger partial charge < -0.3 is 10.1 Å². The van der Waals surface area contributed by atoms with E-state index >= 15 is 0 Å². The molecule has 3 nitrogen and oxygen atoms in total. The molecule has 3 heteroatoms. The Kier molecular flexibility index (Phi) is 6.31. The number of hydrogen-bond acceptors (Lipinski definition) is 3. The highest BCUT2D eigenvalue weighted by molar-refractivity contribution is 4.89. The average Bonchev–Trinajstić information content (AvgIpc) is 2.60. The van der Waals surface area contributed by atoms with Crippen LogP contribution in [0.3, 0.4) is 0 Å². The lowest BCUT2D eigenvalue weighted by atomic mass is 9.90. The molecule has 0 aromatic carbocycles. The molecule has 2 fully saturated rings. The minimum absolute atomic E-state index is 0.487. The highest BCUT2D eigenvalue weighted by Crippen LogP contribution is 2.28. The third-order valence-corrected chi connectivity index (χ3v) is 5.15. The number of nitrogens with one attached hydrogen (secondary N) is 1. The summed E-state index contributed by atoms with van der Waals surface area (Å²) in [6, 6.07) is 2.11. The monoisotopic (exact) mass is 282 g/mol. The van der Waals surface area contributed by atoms with Crippen molar-refractivity contribution in [3.63, 3.8) is 0 Å². The lowest BCUT2D eigenvalue weighted by Crippen LogP contribution is -2.48. The molecule has 0 spiro atoms. The second kappa shape index (κ2) is 7.77. The Morgan fingerprint density at radius 3 is 2.75 bits per heavy atom. The van der Waals surface area contributed by atoms with Crippen LogP contribution in [0.2, 0.25) is 0 Å². The van der Waals surface area contributed by atoms with Crippen LogP contribution in [-0.4, -0.2) is 49.3 Å². The third kappa shape index (κ3) is 4.44. The van der Waals surface area contributed by atoms with Gasteiger partial charge in [0.2, 0.25) is 0 Å². The lowest BCUT2D eigenvalue weighted by molar-refractivity contribution is 0.0154. The molecule has 0 bridgehead atoms. The van der Waals surface area contributed by atoms with Crippen LogP contribution in [0.25, 0.3) is 0 Å². The van der Waals surface area contributed by atoms with Crippen molar-refractivity contribution < 1.29 is 4.74 Å². The maximum atomic E-state index is 5.63. The summed E-state index contributed by atoms with van der Waals surface area (Å²) in [7, 11) is 1.88. The smallest absolute Gasteiger partial charge is 0.0586 e. The van der Waals surface area contributed by atoms with Gasteiger partial charge >= 0.3 is 0 Å². The number of nitrogens with zero attached hydrogens (tertiary/aromatic N) is 1. The fourth-order valence-electron chi connectivity index (χ4n) is 4.03. The summed E-state index contributed by atoms with van der Waals surface area (Å²) in [4.78, 5) is 2.79. The topological polar surface area (TPSA) is 24.5 Å². The van der Waals surface area contributed by atoms with E-state index in [2.05, 4.69) is 31.0 Å². The van der Waals surface area contributed by atoms with E-state index in [9.17, 15) is 0 Å². The molecule has 1 N–H and O–H groups in total. The van der Waals surface area contributed by atoms with Gasteiger partial charge in [-0.15, -0.1) is 0 Å². The first kappa shape index (κ1) is 16.3. The Morgan fingerprint density at radius 1 is 1.25 bits per heavy atom. The van der Waals surface area contributed by atoms with Gasteiger partial charge in [0.05, 0.1) is 6.10 Å². The van der Waals surface area contributed by atoms with Gasteiger partial charge in [-0.3, -0.25) is 4.90 Å². The van der Waals surface area contributed by atoms with Crippen LogP contribution in [-0.2, 0) is 4.74 Å². The van der Waals surface area contributed by atoms with Crippen molar-refractivity contribution in [1.29, 1.82) is 0 Å². The molecule has 1 heterocycles. The van der Waals surface area contributed by atoms with Crippen molar-refractivity contribution in [1.82, 2.24) is 10.2 Å². The molecular weight excluding hydrogens is 248 g/mol. The highest BCUT2D eigenvalue weighted by Gasteiger charge is 2.32. The van der Waals surface area contributed by atoms with Gasteiger partial charge in [0.15, 0.2) is 0 Å². The molecule has 118 valence electrons. The van der Waals surface area contributed by atoms with E-state index in [1.807, 2.05) is 7.11 Å². The molecule has 1 saturated heterocycles. The number of ether oxygens (including phenoxy) is 1. The van der Waals surface area contributed by atoms with Crippen LogP contribution in [0, 0.1) is 5.92 Å². The van der Waals surface area contributed by atoms with Crippen molar-refractivity contribution in [2.45, 2.75) is 83.5 Å². The maximum Gasteiger partial charge on any atom is 0.0586 e. The molecule has 0 aromatic rings. The summed E-state index contributed by atoms with van der Waals surface area (Å²) in [5.74, 6) is 0.779. The number of methoxy groups -OCH3 is 1. The lowest BCUT2D eigenvalue weighted by Gasteiger charge is -2.40. The van der Waals surface area contributed by atoms with E-state index < -0.39 is 0 Å². The molecule has 0 aromatic heterocycles. The van der Waals surface area contributed by atoms with E-state index in [4.69, 9.17) is 4.74 Å². The van der Waals surface area contributed by atoms with Gasteiger partial charge in [-0.2, -0.15) is 0 Å². The van der Waals surface area contributed by atoms with E-state index in [0.29, 0.717) is 18.2 Å². The summed E-state index contributed by atoms with van der Waals surface area (Å²) in [5, 5.41) is 3.76. The van der Waals surface area contributed by atoms with E-state index in [1.54, 1.807) is 0 Å². The van der Waals surface area contributed by atoms with Crippen LogP contribution in [0.5, 0.6) is 0 Å². The number of hydrogen-bond donors (Lipinski definition) is 1. The molecule has 4 atom stereocenters. The molecule has 2 aliphatic rings. The van der Waals surface area contributed by atoms with Crippen molar-refractivity contribution in [2.75, 3.05) is 20.2 Å². The molecule has 0 amide bonds. The molecule has 1 saturated carbocycles. The Hall–Kier alpha value is -0.120. The normalized spacial score (nSPS) is 37.0. The molecule has 0 radical (unpaired) electrons. The molecule has 1 aliphatic carbocycles. The summed E-state index contributed by atoms with van der Waals surface area (Å²) < 4.78 is 5.63. The SMILES string of the molecule is COC1CCCC(N2CC(CC(C)C)NCCC2C)C1. The van der Waals surface area contributed by atoms with Crippen molar-refractivity contribution in [3.05, 3.63) is 0 Å². The predicted molar refractivity (Wildman–Crippen MR) is 85.1 cm³/mol. The Balaban J connectivity index is 1.98. The van der Waals surface area contributed by atoms with Crippen molar-refractivity contribution >= 4 is 0 Å². The van der Waals surface area contributed by atoms with Gasteiger partial charge in [0.1, 0.15) is 0 Å². The zero-order valence-electron chi connectivity index (χ0n) is 13.9. The van der Waals surface area contributed by atoms with Crippen molar-refractivity contribution in [2.24, 2.45) is 5.92 Å². The van der Waals surface area contributed by atoms with E-state index in [1.165, 1.54) is 51.6 Å². The second-order valence-electron chi connectivity index (χ2n) is 7.29. The minimum atomic E-state index is 0.487. The van der Waals surface area contributed by atoms with Crippen LogP contribution < -0.4 is 5.32 Å². The van der Waals surface area contributed by atoms with Gasteiger partial charge in [-0.25, -0.2) is 0 Å². The molecular formula is C17H34N2O. The zero-order chi connectivity index (χ0) is 14.5. The van der Waals surface area contributed by atoms with Crippen LogP contribution in [0.1, 0.15) is 59.3 Å². The minimum Gasteiger partial charge on any atom is -0.381 e. The fraction of sp³-hybridized carbons (Fsp3) is 1.00. The standard InChI is InChI=1S/C17H34N2O/c1-13(2)10-15-12-19(14(3)8-9-18-15)16-6-5-7-17(11-16)20-4/h13-18H,5-12H2,1-4H3. The van der Waals surface area contributed by atoms with Gasteiger partial charge in [-0.05, 0) is 57.9 Å². The zero-order valence-corrected chi connectivity index (χ0v) is 13.9. The van der Waals surface area contributed by atoms with E-state index in [0.717, 1.165) is 12.0 Å². The molecule has 2 rings (SSSR count). The van der Waals surface area contributed by atoms with Gasteiger partial charge in [0, 0.05) is 31.8 Å². The maximum absolute atomic E-state index is 5.63. The third-order valence-electron chi connectivity index (χ3n) is 5.15. The summed E-state index contributed by atoms with van der Waals surface area (Å²) in [5.41, 5.74) is 0. The molecule has 1 aliphatic heterocycles. The largest absolute Gasteiger partial charge is 0.381 e. The van der Waals surface area contributed by atoms with Crippen LogP contribution >= 0.6 is 0 Å². The number of rotatable bonds is 4. The average molecular weight is 282 g/mol.